The van der Waals surface area contributed by atoms with Gasteiger partial charge in [0.2, 0.25) is 0 Å². The molecule has 0 N–H and O–H groups in total. The van der Waals surface area contributed by atoms with Crippen molar-refractivity contribution in [3.05, 3.63) is 34.4 Å². The van der Waals surface area contributed by atoms with E-state index in [1.165, 1.54) is 22.3 Å². The predicted molar refractivity (Wildman–Crippen MR) is 70.4 cm³/mol. The SMILES string of the molecule is Cc1cc(C)c(C2(C3(C#N)CC3)COC2)cc1C. The Morgan fingerprint density at radius 2 is 1.67 bits per heavy atom. The summed E-state index contributed by atoms with van der Waals surface area (Å²) in [5, 5.41) is 9.53. The van der Waals surface area contributed by atoms with Crippen molar-refractivity contribution < 1.29 is 4.74 Å². The van der Waals surface area contributed by atoms with Crippen LogP contribution in [0.4, 0.5) is 0 Å². The number of benzene rings is 1. The second kappa shape index (κ2) is 3.59. The van der Waals surface area contributed by atoms with Crippen LogP contribution in [0.1, 0.15) is 35.1 Å². The van der Waals surface area contributed by atoms with Gasteiger partial charge in [0.05, 0.1) is 30.1 Å². The zero-order chi connectivity index (χ0) is 13.0. The monoisotopic (exact) mass is 241 g/mol. The van der Waals surface area contributed by atoms with Crippen molar-refractivity contribution in [2.45, 2.75) is 39.0 Å². The van der Waals surface area contributed by atoms with Crippen molar-refractivity contribution in [1.29, 1.82) is 5.26 Å². The van der Waals surface area contributed by atoms with Crippen LogP contribution in [0.25, 0.3) is 0 Å². The maximum Gasteiger partial charge on any atom is 0.0716 e. The van der Waals surface area contributed by atoms with E-state index in [0.717, 1.165) is 12.8 Å². The van der Waals surface area contributed by atoms with E-state index in [1.54, 1.807) is 0 Å². The van der Waals surface area contributed by atoms with Crippen molar-refractivity contribution in [2.24, 2.45) is 5.41 Å². The zero-order valence-corrected chi connectivity index (χ0v) is 11.3. The van der Waals surface area contributed by atoms with Gasteiger partial charge >= 0.3 is 0 Å². The highest BCUT2D eigenvalue weighted by Gasteiger charge is 2.64. The minimum Gasteiger partial charge on any atom is -0.379 e. The Hall–Kier alpha value is -1.33. The van der Waals surface area contributed by atoms with Crippen molar-refractivity contribution in [1.82, 2.24) is 0 Å². The second-order valence-electron chi connectivity index (χ2n) is 6.02. The normalized spacial score (nSPS) is 23.0. The summed E-state index contributed by atoms with van der Waals surface area (Å²) in [5.74, 6) is 0. The molecule has 18 heavy (non-hydrogen) atoms. The number of hydrogen-bond donors (Lipinski definition) is 0. The van der Waals surface area contributed by atoms with Crippen LogP contribution in [-0.4, -0.2) is 13.2 Å². The fourth-order valence-corrected chi connectivity index (χ4v) is 3.29. The molecular weight excluding hydrogens is 222 g/mol. The number of aryl methyl sites for hydroxylation is 3. The number of rotatable bonds is 2. The summed E-state index contributed by atoms with van der Waals surface area (Å²) >= 11 is 0. The van der Waals surface area contributed by atoms with Crippen LogP contribution < -0.4 is 0 Å². The summed E-state index contributed by atoms with van der Waals surface area (Å²) in [6, 6.07) is 7.11. The molecule has 1 saturated heterocycles. The molecule has 2 aliphatic rings. The number of hydrogen-bond acceptors (Lipinski definition) is 2. The van der Waals surface area contributed by atoms with E-state index in [4.69, 9.17) is 4.74 Å². The lowest BCUT2D eigenvalue weighted by atomic mass is 9.65. The third-order valence-electron chi connectivity index (χ3n) is 4.93. The molecule has 1 aromatic carbocycles. The van der Waals surface area contributed by atoms with Gasteiger partial charge in [0, 0.05) is 0 Å². The zero-order valence-electron chi connectivity index (χ0n) is 11.3. The lowest BCUT2D eigenvalue weighted by Crippen LogP contribution is -2.53. The number of ether oxygens (including phenoxy) is 1. The first-order valence-electron chi connectivity index (χ1n) is 6.62. The summed E-state index contributed by atoms with van der Waals surface area (Å²) in [7, 11) is 0. The van der Waals surface area contributed by atoms with E-state index >= 15 is 0 Å². The van der Waals surface area contributed by atoms with E-state index in [-0.39, 0.29) is 10.8 Å². The van der Waals surface area contributed by atoms with E-state index in [1.807, 2.05) is 0 Å². The molecule has 0 spiro atoms. The Morgan fingerprint density at radius 1 is 1.06 bits per heavy atom. The molecule has 94 valence electrons. The highest BCUT2D eigenvalue weighted by atomic mass is 16.5. The molecule has 3 rings (SSSR count). The van der Waals surface area contributed by atoms with Crippen molar-refractivity contribution in [3.8, 4) is 6.07 Å². The van der Waals surface area contributed by atoms with Crippen LogP contribution >= 0.6 is 0 Å². The van der Waals surface area contributed by atoms with Gasteiger partial charge in [-0.15, -0.1) is 0 Å². The van der Waals surface area contributed by atoms with E-state index < -0.39 is 0 Å². The number of nitriles is 1. The lowest BCUT2D eigenvalue weighted by Gasteiger charge is -2.46. The van der Waals surface area contributed by atoms with Gasteiger partial charge in [-0.05, 0) is 55.9 Å². The maximum atomic E-state index is 9.53. The summed E-state index contributed by atoms with van der Waals surface area (Å²) < 4.78 is 5.49. The summed E-state index contributed by atoms with van der Waals surface area (Å²) in [6.07, 6.45) is 2.05. The molecule has 0 amide bonds. The third kappa shape index (κ3) is 1.31. The molecule has 2 fully saturated rings. The maximum absolute atomic E-state index is 9.53. The highest BCUT2D eigenvalue weighted by molar-refractivity contribution is 5.47. The van der Waals surface area contributed by atoms with Gasteiger partial charge in [0.1, 0.15) is 0 Å². The Balaban J connectivity index is 2.14. The largest absolute Gasteiger partial charge is 0.379 e. The first-order chi connectivity index (χ1) is 8.55. The molecule has 0 atom stereocenters. The average Bonchev–Trinajstić information content (AvgIpc) is 3.05. The van der Waals surface area contributed by atoms with Crippen LogP contribution in [0, 0.1) is 37.5 Å². The summed E-state index contributed by atoms with van der Waals surface area (Å²) in [5.41, 5.74) is 5.10. The van der Waals surface area contributed by atoms with Crippen LogP contribution in [0.2, 0.25) is 0 Å². The minimum absolute atomic E-state index is 0.0374. The van der Waals surface area contributed by atoms with Gasteiger partial charge in [0.15, 0.2) is 0 Å². The quantitative estimate of drug-likeness (QED) is 0.796. The minimum atomic E-state index is -0.155. The molecule has 1 aromatic rings. The smallest absolute Gasteiger partial charge is 0.0716 e. The molecular formula is C16H19NO. The lowest BCUT2D eigenvalue weighted by molar-refractivity contribution is -0.0870. The Kier molecular flexibility index (Phi) is 2.34. The first kappa shape index (κ1) is 11.7. The van der Waals surface area contributed by atoms with Gasteiger partial charge < -0.3 is 4.74 Å². The molecule has 0 aromatic heterocycles. The fraction of sp³-hybridized carbons (Fsp3) is 0.562. The van der Waals surface area contributed by atoms with Crippen LogP contribution in [-0.2, 0) is 10.2 Å². The molecule has 2 heteroatoms. The van der Waals surface area contributed by atoms with Crippen LogP contribution in [0.5, 0.6) is 0 Å². The molecule has 0 unspecified atom stereocenters. The van der Waals surface area contributed by atoms with Gasteiger partial charge in [0.25, 0.3) is 0 Å². The molecule has 1 aliphatic heterocycles. The Bertz CT molecular complexity index is 545. The van der Waals surface area contributed by atoms with Crippen LogP contribution in [0.3, 0.4) is 0 Å². The molecule has 1 aliphatic carbocycles. The average molecular weight is 241 g/mol. The van der Waals surface area contributed by atoms with Gasteiger partial charge in [-0.2, -0.15) is 5.26 Å². The van der Waals surface area contributed by atoms with Crippen LogP contribution in [0.15, 0.2) is 12.1 Å². The van der Waals surface area contributed by atoms with E-state index in [2.05, 4.69) is 39.0 Å². The highest BCUT2D eigenvalue weighted by Crippen LogP contribution is 2.62. The van der Waals surface area contributed by atoms with E-state index in [9.17, 15) is 5.26 Å². The van der Waals surface area contributed by atoms with E-state index in [0.29, 0.717) is 13.2 Å². The second-order valence-corrected chi connectivity index (χ2v) is 6.02. The van der Waals surface area contributed by atoms with Crippen molar-refractivity contribution in [3.63, 3.8) is 0 Å². The first-order valence-corrected chi connectivity index (χ1v) is 6.62. The standard InChI is InChI=1S/C16H19NO/c1-11-6-13(3)14(7-12(11)2)16(9-18-10-16)15(8-17)4-5-15/h6-7H,4-5,9-10H2,1-3H3. The van der Waals surface area contributed by atoms with Gasteiger partial charge in [-0.1, -0.05) is 12.1 Å². The Labute approximate surface area is 109 Å². The third-order valence-corrected chi connectivity index (χ3v) is 4.93. The van der Waals surface area contributed by atoms with Crippen molar-refractivity contribution >= 4 is 0 Å². The molecule has 0 bridgehead atoms. The summed E-state index contributed by atoms with van der Waals surface area (Å²) in [6.45, 7) is 7.88. The Morgan fingerprint density at radius 3 is 2.11 bits per heavy atom. The molecule has 1 heterocycles. The molecule has 0 radical (unpaired) electrons. The van der Waals surface area contributed by atoms with Crippen molar-refractivity contribution in [2.75, 3.05) is 13.2 Å². The summed E-state index contributed by atoms with van der Waals surface area (Å²) in [4.78, 5) is 0. The fourth-order valence-electron chi connectivity index (χ4n) is 3.29. The molecule has 2 nitrogen and oxygen atoms in total. The topological polar surface area (TPSA) is 33.0 Å². The number of nitrogens with zero attached hydrogens (tertiary/aromatic N) is 1. The molecule has 1 saturated carbocycles. The van der Waals surface area contributed by atoms with Gasteiger partial charge in [-0.25, -0.2) is 0 Å². The van der Waals surface area contributed by atoms with Gasteiger partial charge in [-0.3, -0.25) is 0 Å². The predicted octanol–water partition coefficient (Wildman–Crippen LogP) is 3.18.